The molecule has 4 unspecified atom stereocenters. The Morgan fingerprint density at radius 1 is 0.941 bits per heavy atom. The Labute approximate surface area is 105 Å². The minimum absolute atomic E-state index is 0.407. The fraction of sp³-hybridized carbons (Fsp3) is 1.00. The van der Waals surface area contributed by atoms with E-state index in [0.717, 1.165) is 30.6 Å². The van der Waals surface area contributed by atoms with Crippen molar-refractivity contribution in [2.24, 2.45) is 11.7 Å². The van der Waals surface area contributed by atoms with E-state index in [2.05, 4.69) is 23.6 Å². The van der Waals surface area contributed by atoms with E-state index in [4.69, 9.17) is 5.73 Å². The number of likely N-dealkylation sites (tertiary alicyclic amines) is 2. The Hall–Kier alpha value is -0.120. The summed E-state index contributed by atoms with van der Waals surface area (Å²) in [5, 5.41) is 0. The van der Waals surface area contributed by atoms with Gasteiger partial charge in [-0.3, -0.25) is 9.80 Å². The Kier molecular flexibility index (Phi) is 3.18. The smallest absolute Gasteiger partial charge is 0.0238 e. The zero-order chi connectivity index (χ0) is 12.0. The van der Waals surface area contributed by atoms with Crippen molar-refractivity contribution in [2.45, 2.75) is 63.7 Å². The molecule has 17 heavy (non-hydrogen) atoms. The van der Waals surface area contributed by atoms with Crippen LogP contribution < -0.4 is 5.73 Å². The monoisotopic (exact) mass is 237 g/mol. The van der Waals surface area contributed by atoms with Crippen LogP contribution in [-0.4, -0.2) is 53.6 Å². The van der Waals surface area contributed by atoms with E-state index >= 15 is 0 Å². The fourth-order valence-electron chi connectivity index (χ4n) is 3.95. The molecule has 1 saturated carbocycles. The third-order valence-corrected chi connectivity index (χ3v) is 4.85. The van der Waals surface area contributed by atoms with Crippen molar-refractivity contribution in [1.29, 1.82) is 0 Å². The van der Waals surface area contributed by atoms with E-state index in [9.17, 15) is 0 Å². The van der Waals surface area contributed by atoms with E-state index in [1.165, 1.54) is 38.8 Å². The van der Waals surface area contributed by atoms with Crippen molar-refractivity contribution >= 4 is 0 Å². The summed E-state index contributed by atoms with van der Waals surface area (Å²) in [7, 11) is 0. The number of nitrogens with two attached hydrogens (primary N) is 1. The molecule has 98 valence electrons. The van der Waals surface area contributed by atoms with E-state index in [-0.39, 0.29) is 0 Å². The van der Waals surface area contributed by atoms with Crippen molar-refractivity contribution in [3.05, 3.63) is 0 Å². The molecule has 3 rings (SSSR count). The summed E-state index contributed by atoms with van der Waals surface area (Å²) in [5.41, 5.74) is 6.17. The molecule has 3 aliphatic rings. The third-order valence-electron chi connectivity index (χ3n) is 4.85. The first-order valence-corrected chi connectivity index (χ1v) is 7.39. The van der Waals surface area contributed by atoms with Gasteiger partial charge in [0.1, 0.15) is 0 Å². The van der Waals surface area contributed by atoms with Crippen molar-refractivity contribution in [3.63, 3.8) is 0 Å². The Balaban J connectivity index is 1.61. The van der Waals surface area contributed by atoms with E-state index < -0.39 is 0 Å². The van der Waals surface area contributed by atoms with Gasteiger partial charge in [-0.2, -0.15) is 0 Å². The molecule has 2 N–H and O–H groups in total. The molecule has 0 radical (unpaired) electrons. The lowest BCUT2D eigenvalue weighted by atomic mass is 9.95. The van der Waals surface area contributed by atoms with Crippen molar-refractivity contribution in [3.8, 4) is 0 Å². The molecular formula is C14H27N3. The Morgan fingerprint density at radius 3 is 2.35 bits per heavy atom. The van der Waals surface area contributed by atoms with Crippen LogP contribution in [0.2, 0.25) is 0 Å². The van der Waals surface area contributed by atoms with Gasteiger partial charge in [0, 0.05) is 43.8 Å². The maximum absolute atomic E-state index is 6.17. The minimum atomic E-state index is 0.407. The summed E-state index contributed by atoms with van der Waals surface area (Å²) in [6, 6.07) is 2.90. The molecule has 2 heterocycles. The zero-order valence-corrected chi connectivity index (χ0v) is 11.3. The van der Waals surface area contributed by atoms with Crippen molar-refractivity contribution < 1.29 is 0 Å². The lowest BCUT2D eigenvalue weighted by molar-refractivity contribution is 0.116. The summed E-state index contributed by atoms with van der Waals surface area (Å²) in [5.74, 6) is 0.782. The van der Waals surface area contributed by atoms with Gasteiger partial charge in [-0.1, -0.05) is 6.92 Å². The first-order valence-electron chi connectivity index (χ1n) is 7.39. The van der Waals surface area contributed by atoms with Gasteiger partial charge in [0.25, 0.3) is 0 Å². The van der Waals surface area contributed by atoms with Crippen LogP contribution in [0.15, 0.2) is 0 Å². The zero-order valence-electron chi connectivity index (χ0n) is 11.3. The van der Waals surface area contributed by atoms with Crippen molar-refractivity contribution in [1.82, 2.24) is 9.80 Å². The normalized spacial score (nSPS) is 45.4. The average molecular weight is 237 g/mol. The van der Waals surface area contributed by atoms with Crippen LogP contribution in [0.1, 0.15) is 39.5 Å². The summed E-state index contributed by atoms with van der Waals surface area (Å²) < 4.78 is 0. The summed E-state index contributed by atoms with van der Waals surface area (Å²) in [6.45, 7) is 8.45. The van der Waals surface area contributed by atoms with Gasteiger partial charge < -0.3 is 5.73 Å². The summed E-state index contributed by atoms with van der Waals surface area (Å²) >= 11 is 0. The highest BCUT2D eigenvalue weighted by atomic mass is 15.3. The maximum Gasteiger partial charge on any atom is 0.0238 e. The predicted octanol–water partition coefficient (Wildman–Crippen LogP) is 1.28. The SMILES string of the molecule is CC1CC(N)CN(C2CC(C)N(C3CC3)C2)C1. The highest BCUT2D eigenvalue weighted by Crippen LogP contribution is 2.35. The lowest BCUT2D eigenvalue weighted by Crippen LogP contribution is -2.51. The quantitative estimate of drug-likeness (QED) is 0.785. The van der Waals surface area contributed by atoms with Crippen LogP contribution >= 0.6 is 0 Å². The molecule has 0 bridgehead atoms. The number of piperidine rings is 1. The highest BCUT2D eigenvalue weighted by Gasteiger charge is 2.41. The van der Waals surface area contributed by atoms with E-state index in [1.807, 2.05) is 0 Å². The van der Waals surface area contributed by atoms with E-state index in [0.29, 0.717) is 6.04 Å². The lowest BCUT2D eigenvalue weighted by Gasteiger charge is -2.38. The second kappa shape index (κ2) is 4.52. The van der Waals surface area contributed by atoms with Crippen LogP contribution in [0, 0.1) is 5.92 Å². The van der Waals surface area contributed by atoms with Crippen LogP contribution in [0.25, 0.3) is 0 Å². The molecule has 0 aromatic rings. The summed E-state index contributed by atoms with van der Waals surface area (Å²) in [6.07, 6.45) is 5.45. The topological polar surface area (TPSA) is 32.5 Å². The molecule has 0 aromatic heterocycles. The van der Waals surface area contributed by atoms with Crippen LogP contribution in [0.3, 0.4) is 0 Å². The maximum atomic E-state index is 6.17. The number of hydrogen-bond donors (Lipinski definition) is 1. The Bertz CT molecular complexity index is 267. The number of hydrogen-bond acceptors (Lipinski definition) is 3. The molecule has 4 atom stereocenters. The minimum Gasteiger partial charge on any atom is -0.327 e. The third kappa shape index (κ3) is 2.51. The van der Waals surface area contributed by atoms with E-state index in [1.54, 1.807) is 0 Å². The largest absolute Gasteiger partial charge is 0.327 e. The molecule has 2 saturated heterocycles. The van der Waals surface area contributed by atoms with Gasteiger partial charge in [0.2, 0.25) is 0 Å². The van der Waals surface area contributed by atoms with Gasteiger partial charge in [-0.15, -0.1) is 0 Å². The average Bonchev–Trinajstić information content (AvgIpc) is 3.01. The number of rotatable bonds is 2. The molecular weight excluding hydrogens is 210 g/mol. The van der Waals surface area contributed by atoms with Crippen LogP contribution in [-0.2, 0) is 0 Å². The molecule has 0 aromatic carbocycles. The molecule has 3 nitrogen and oxygen atoms in total. The van der Waals surface area contributed by atoms with Crippen LogP contribution in [0.4, 0.5) is 0 Å². The highest BCUT2D eigenvalue weighted by molar-refractivity contribution is 4.98. The summed E-state index contributed by atoms with van der Waals surface area (Å²) in [4.78, 5) is 5.42. The fourth-order valence-corrected chi connectivity index (χ4v) is 3.95. The molecule has 1 aliphatic carbocycles. The second-order valence-electron chi connectivity index (χ2n) is 6.72. The van der Waals surface area contributed by atoms with Gasteiger partial charge in [-0.25, -0.2) is 0 Å². The number of nitrogens with zero attached hydrogens (tertiary/aromatic N) is 2. The van der Waals surface area contributed by atoms with Crippen molar-refractivity contribution in [2.75, 3.05) is 19.6 Å². The van der Waals surface area contributed by atoms with Crippen LogP contribution in [0.5, 0.6) is 0 Å². The molecule has 3 fully saturated rings. The van der Waals surface area contributed by atoms with Gasteiger partial charge >= 0.3 is 0 Å². The van der Waals surface area contributed by atoms with Gasteiger partial charge in [-0.05, 0) is 38.5 Å². The standard InChI is InChI=1S/C14H27N3/c1-10-5-12(15)8-16(7-10)14-6-11(2)17(9-14)13-3-4-13/h10-14H,3-9,15H2,1-2H3. The Morgan fingerprint density at radius 2 is 1.71 bits per heavy atom. The molecule has 0 spiro atoms. The second-order valence-corrected chi connectivity index (χ2v) is 6.72. The van der Waals surface area contributed by atoms with Gasteiger partial charge in [0.05, 0.1) is 0 Å². The molecule has 3 heteroatoms. The first-order chi connectivity index (χ1) is 8.13. The first kappa shape index (κ1) is 11.9. The molecule has 2 aliphatic heterocycles. The van der Waals surface area contributed by atoms with Gasteiger partial charge in [0.15, 0.2) is 0 Å². The molecule has 0 amide bonds. The predicted molar refractivity (Wildman–Crippen MR) is 70.9 cm³/mol.